The first-order valence-electron chi connectivity index (χ1n) is 8.32. The topological polar surface area (TPSA) is 49.3 Å². The zero-order valence-corrected chi connectivity index (χ0v) is 13.6. The minimum Gasteiger partial charge on any atom is -0.396 e. The van der Waals surface area contributed by atoms with Gasteiger partial charge in [-0.25, -0.2) is 0 Å². The number of rotatable bonds is 7. The molecule has 2 N–H and O–H groups in total. The molecule has 118 valence electrons. The van der Waals surface area contributed by atoms with E-state index in [1.165, 1.54) is 36.1 Å². The number of carbonyl (C=O) groups excluding carboxylic acids is 1. The summed E-state index contributed by atoms with van der Waals surface area (Å²) in [5.74, 6) is 0.0916. The van der Waals surface area contributed by atoms with Crippen LogP contribution in [0.5, 0.6) is 0 Å². The van der Waals surface area contributed by atoms with E-state index in [0.29, 0.717) is 0 Å². The van der Waals surface area contributed by atoms with Crippen LogP contribution >= 0.6 is 11.3 Å². The highest BCUT2D eigenvalue weighted by Gasteiger charge is 2.15. The number of carbonyl (C=O) groups is 1. The Kier molecular flexibility index (Phi) is 7.24. The van der Waals surface area contributed by atoms with Crippen LogP contribution in [-0.4, -0.2) is 24.2 Å². The first-order chi connectivity index (χ1) is 10.3. The van der Waals surface area contributed by atoms with Gasteiger partial charge in [-0.05, 0) is 50.2 Å². The van der Waals surface area contributed by atoms with Crippen LogP contribution in [0.15, 0.2) is 6.07 Å². The second-order valence-electron chi connectivity index (χ2n) is 5.87. The van der Waals surface area contributed by atoms with Gasteiger partial charge in [0.25, 0.3) is 5.91 Å². The molecule has 3 nitrogen and oxygen atoms in total. The van der Waals surface area contributed by atoms with Gasteiger partial charge in [-0.2, -0.15) is 0 Å². The summed E-state index contributed by atoms with van der Waals surface area (Å²) in [5, 5.41) is 11.7. The molecule has 21 heavy (non-hydrogen) atoms. The van der Waals surface area contributed by atoms with Crippen LogP contribution in [0.4, 0.5) is 0 Å². The largest absolute Gasteiger partial charge is 0.396 e. The van der Waals surface area contributed by atoms with Gasteiger partial charge in [0.1, 0.15) is 0 Å². The number of unbranched alkanes of at least 4 members (excludes halogenated alkanes) is 3. The van der Waals surface area contributed by atoms with Crippen molar-refractivity contribution in [2.75, 3.05) is 13.2 Å². The minimum atomic E-state index is 0.0916. The summed E-state index contributed by atoms with van der Waals surface area (Å²) in [6.07, 6.45) is 11.4. The van der Waals surface area contributed by atoms with Crippen LogP contribution in [-0.2, 0) is 12.8 Å². The molecule has 2 rings (SSSR count). The maximum Gasteiger partial charge on any atom is 0.261 e. The molecule has 0 fully saturated rings. The molecule has 1 heterocycles. The van der Waals surface area contributed by atoms with Gasteiger partial charge in [0.15, 0.2) is 0 Å². The van der Waals surface area contributed by atoms with E-state index in [1.807, 2.05) is 0 Å². The highest BCUT2D eigenvalue weighted by atomic mass is 32.1. The van der Waals surface area contributed by atoms with E-state index in [1.54, 1.807) is 11.3 Å². The van der Waals surface area contributed by atoms with Crippen molar-refractivity contribution in [3.8, 4) is 0 Å². The summed E-state index contributed by atoms with van der Waals surface area (Å²) in [7, 11) is 0. The predicted octanol–water partition coefficient (Wildman–Crippen LogP) is 3.69. The molecule has 1 aromatic heterocycles. The van der Waals surface area contributed by atoms with Crippen LogP contribution < -0.4 is 5.32 Å². The third-order valence-corrected chi connectivity index (χ3v) is 5.33. The molecule has 0 saturated heterocycles. The number of nitrogens with one attached hydrogen (secondary N) is 1. The van der Waals surface area contributed by atoms with Gasteiger partial charge < -0.3 is 10.4 Å². The summed E-state index contributed by atoms with van der Waals surface area (Å²) >= 11 is 1.69. The predicted molar refractivity (Wildman–Crippen MR) is 88.1 cm³/mol. The number of hydrogen-bond acceptors (Lipinski definition) is 3. The molecule has 1 aliphatic carbocycles. The first-order valence-corrected chi connectivity index (χ1v) is 9.13. The number of aryl methyl sites for hydroxylation is 2. The van der Waals surface area contributed by atoms with Crippen LogP contribution in [0.3, 0.4) is 0 Å². The van der Waals surface area contributed by atoms with Crippen LogP contribution in [0.25, 0.3) is 0 Å². The van der Waals surface area contributed by atoms with Crippen molar-refractivity contribution in [2.45, 2.75) is 64.2 Å². The zero-order chi connectivity index (χ0) is 14.9. The van der Waals surface area contributed by atoms with E-state index in [4.69, 9.17) is 5.11 Å². The zero-order valence-electron chi connectivity index (χ0n) is 12.8. The minimum absolute atomic E-state index is 0.0916. The Bertz CT molecular complexity index is 416. The van der Waals surface area contributed by atoms with Crippen LogP contribution in [0, 0.1) is 0 Å². The van der Waals surface area contributed by atoms with Gasteiger partial charge in [-0.1, -0.05) is 25.7 Å². The van der Waals surface area contributed by atoms with Gasteiger partial charge >= 0.3 is 0 Å². The second-order valence-corrected chi connectivity index (χ2v) is 7.00. The van der Waals surface area contributed by atoms with E-state index in [0.717, 1.165) is 49.9 Å². The van der Waals surface area contributed by atoms with Crippen molar-refractivity contribution in [1.82, 2.24) is 5.32 Å². The number of hydrogen-bond donors (Lipinski definition) is 2. The number of amides is 1. The highest BCUT2D eigenvalue weighted by Crippen LogP contribution is 2.28. The van der Waals surface area contributed by atoms with Crippen molar-refractivity contribution >= 4 is 17.2 Å². The lowest BCUT2D eigenvalue weighted by atomic mass is 10.00. The Morgan fingerprint density at radius 2 is 1.86 bits per heavy atom. The fourth-order valence-electron chi connectivity index (χ4n) is 2.84. The van der Waals surface area contributed by atoms with Crippen LogP contribution in [0.1, 0.15) is 71.5 Å². The lowest BCUT2D eigenvalue weighted by Crippen LogP contribution is -2.23. The first kappa shape index (κ1) is 16.5. The average Bonchev–Trinajstić information content (AvgIpc) is 2.85. The molecule has 1 amide bonds. The lowest BCUT2D eigenvalue weighted by Gasteiger charge is -2.07. The van der Waals surface area contributed by atoms with Crippen molar-refractivity contribution in [3.63, 3.8) is 0 Å². The van der Waals surface area contributed by atoms with Crippen molar-refractivity contribution in [3.05, 3.63) is 21.4 Å². The summed E-state index contributed by atoms with van der Waals surface area (Å²) in [6, 6.07) is 2.12. The van der Waals surface area contributed by atoms with Crippen molar-refractivity contribution < 1.29 is 9.90 Å². The number of aliphatic hydroxyl groups excluding tert-OH is 1. The Morgan fingerprint density at radius 1 is 1.10 bits per heavy atom. The molecule has 0 aromatic carbocycles. The number of thiophene rings is 1. The normalized spacial score (nSPS) is 15.1. The maximum absolute atomic E-state index is 12.2. The molecule has 0 spiro atoms. The number of fused-ring (bicyclic) bond motifs is 1. The fourth-order valence-corrected chi connectivity index (χ4v) is 4.01. The second kappa shape index (κ2) is 9.21. The molecule has 0 aliphatic heterocycles. The monoisotopic (exact) mass is 309 g/mol. The Hall–Kier alpha value is -0.870. The summed E-state index contributed by atoms with van der Waals surface area (Å²) in [4.78, 5) is 14.5. The highest BCUT2D eigenvalue weighted by molar-refractivity contribution is 7.14. The molecule has 0 saturated carbocycles. The quantitative estimate of drug-likeness (QED) is 0.755. The van der Waals surface area contributed by atoms with Gasteiger partial charge in [0.2, 0.25) is 0 Å². The molecule has 4 heteroatoms. The fraction of sp³-hybridized carbons (Fsp3) is 0.706. The van der Waals surface area contributed by atoms with Crippen LogP contribution in [0.2, 0.25) is 0 Å². The Labute approximate surface area is 131 Å². The number of aliphatic hydroxyl groups is 1. The molecular weight excluding hydrogens is 282 g/mol. The standard InChI is InChI=1S/C17H27NO2S/c19-12-8-4-3-7-11-18-17(20)16-13-14-9-5-1-2-6-10-15(14)21-16/h13,19H,1-12H2,(H,18,20). The average molecular weight is 309 g/mol. The molecule has 0 bridgehead atoms. The third-order valence-electron chi connectivity index (χ3n) is 4.09. The molecule has 1 aliphatic rings. The maximum atomic E-state index is 12.2. The van der Waals surface area contributed by atoms with E-state index < -0.39 is 0 Å². The molecule has 0 radical (unpaired) electrons. The summed E-state index contributed by atoms with van der Waals surface area (Å²) < 4.78 is 0. The van der Waals surface area contributed by atoms with Crippen molar-refractivity contribution in [1.29, 1.82) is 0 Å². The Balaban J connectivity index is 1.78. The lowest BCUT2D eigenvalue weighted by molar-refractivity contribution is 0.0957. The van der Waals surface area contributed by atoms with E-state index in [9.17, 15) is 4.79 Å². The van der Waals surface area contributed by atoms with E-state index >= 15 is 0 Å². The summed E-state index contributed by atoms with van der Waals surface area (Å²) in [6.45, 7) is 1.01. The van der Waals surface area contributed by atoms with Gasteiger partial charge in [0, 0.05) is 18.0 Å². The van der Waals surface area contributed by atoms with Gasteiger partial charge in [-0.3, -0.25) is 4.79 Å². The third kappa shape index (κ3) is 5.44. The van der Waals surface area contributed by atoms with E-state index in [-0.39, 0.29) is 12.5 Å². The molecular formula is C17H27NO2S. The smallest absolute Gasteiger partial charge is 0.261 e. The van der Waals surface area contributed by atoms with E-state index in [2.05, 4.69) is 11.4 Å². The van der Waals surface area contributed by atoms with Gasteiger partial charge in [-0.15, -0.1) is 11.3 Å². The van der Waals surface area contributed by atoms with Gasteiger partial charge in [0.05, 0.1) is 4.88 Å². The molecule has 0 atom stereocenters. The summed E-state index contributed by atoms with van der Waals surface area (Å²) in [5.41, 5.74) is 1.41. The Morgan fingerprint density at radius 3 is 2.67 bits per heavy atom. The molecule has 0 unspecified atom stereocenters. The van der Waals surface area contributed by atoms with Crippen molar-refractivity contribution in [2.24, 2.45) is 0 Å². The molecule has 1 aromatic rings. The SMILES string of the molecule is O=C(NCCCCCCO)c1cc2c(s1)CCCCCC2.